The number of nitrogens with zero attached hydrogens (tertiary/aromatic N) is 2. The Bertz CT molecular complexity index is 1240. The predicted octanol–water partition coefficient (Wildman–Crippen LogP) is 4.60. The van der Waals surface area contributed by atoms with Gasteiger partial charge in [-0.25, -0.2) is 4.79 Å². The summed E-state index contributed by atoms with van der Waals surface area (Å²) in [6, 6.07) is 23.1. The van der Waals surface area contributed by atoms with E-state index in [1.54, 1.807) is 55.5 Å². The Balaban J connectivity index is 1.33. The van der Waals surface area contributed by atoms with Gasteiger partial charge >= 0.3 is 5.97 Å². The fraction of sp³-hybridized carbons (Fsp3) is 0.120. The molecule has 0 radical (unpaired) electrons. The minimum atomic E-state index is -0.443. The Morgan fingerprint density at radius 2 is 1.73 bits per heavy atom. The summed E-state index contributed by atoms with van der Waals surface area (Å²) in [6.07, 6.45) is 0. The van der Waals surface area contributed by atoms with E-state index in [-0.39, 0.29) is 19.1 Å². The zero-order valence-corrected chi connectivity index (χ0v) is 17.9. The Morgan fingerprint density at radius 1 is 0.939 bits per heavy atom. The molecule has 33 heavy (non-hydrogen) atoms. The first kappa shape index (κ1) is 21.8. The summed E-state index contributed by atoms with van der Waals surface area (Å²) in [5.74, 6) is 0.609. The minimum absolute atomic E-state index is 0.193. The molecule has 1 aromatic heterocycles. The van der Waals surface area contributed by atoms with Crippen molar-refractivity contribution in [2.45, 2.75) is 6.92 Å². The van der Waals surface area contributed by atoms with Gasteiger partial charge in [0.25, 0.3) is 11.8 Å². The van der Waals surface area contributed by atoms with E-state index >= 15 is 0 Å². The largest absolute Gasteiger partial charge is 0.484 e. The number of nitrogens with one attached hydrogen (secondary N) is 1. The van der Waals surface area contributed by atoms with Crippen LogP contribution >= 0.6 is 0 Å². The van der Waals surface area contributed by atoms with Crippen LogP contribution in [-0.2, 0) is 9.53 Å². The molecular formula is C25H21N3O5. The predicted molar refractivity (Wildman–Crippen MR) is 122 cm³/mol. The van der Waals surface area contributed by atoms with Gasteiger partial charge in [0.2, 0.25) is 5.82 Å². The normalized spacial score (nSPS) is 10.5. The highest BCUT2D eigenvalue weighted by Crippen LogP contribution is 2.24. The molecule has 0 fully saturated rings. The highest BCUT2D eigenvalue weighted by atomic mass is 16.5. The number of amides is 1. The molecule has 0 aliphatic heterocycles. The van der Waals surface area contributed by atoms with E-state index < -0.39 is 5.97 Å². The van der Waals surface area contributed by atoms with E-state index in [1.807, 2.05) is 30.3 Å². The van der Waals surface area contributed by atoms with Crippen molar-refractivity contribution in [1.29, 1.82) is 0 Å². The number of anilines is 1. The summed E-state index contributed by atoms with van der Waals surface area (Å²) in [7, 11) is 0. The van der Waals surface area contributed by atoms with Crippen molar-refractivity contribution >= 4 is 17.6 Å². The summed E-state index contributed by atoms with van der Waals surface area (Å²) in [4.78, 5) is 28.5. The lowest BCUT2D eigenvalue weighted by Gasteiger charge is -2.09. The first-order valence-electron chi connectivity index (χ1n) is 10.3. The maximum absolute atomic E-state index is 12.2. The number of aromatic nitrogens is 2. The molecule has 3 aromatic carbocycles. The van der Waals surface area contributed by atoms with Crippen molar-refractivity contribution in [1.82, 2.24) is 10.1 Å². The summed E-state index contributed by atoms with van der Waals surface area (Å²) in [6.45, 7) is 1.82. The summed E-state index contributed by atoms with van der Waals surface area (Å²) >= 11 is 0. The fourth-order valence-electron chi connectivity index (χ4n) is 3.02. The second-order valence-electron chi connectivity index (χ2n) is 6.95. The highest BCUT2D eigenvalue weighted by molar-refractivity contribution is 5.95. The molecule has 4 aromatic rings. The van der Waals surface area contributed by atoms with Crippen LogP contribution in [0.25, 0.3) is 22.8 Å². The molecular weight excluding hydrogens is 422 g/mol. The van der Waals surface area contributed by atoms with Gasteiger partial charge in [-0.05, 0) is 49.4 Å². The Morgan fingerprint density at radius 3 is 2.48 bits per heavy atom. The molecule has 8 heteroatoms. The highest BCUT2D eigenvalue weighted by Gasteiger charge is 2.12. The number of benzene rings is 3. The van der Waals surface area contributed by atoms with Gasteiger partial charge in [0.15, 0.2) is 6.61 Å². The van der Waals surface area contributed by atoms with Crippen molar-refractivity contribution < 1.29 is 23.6 Å². The molecule has 0 unspecified atom stereocenters. The van der Waals surface area contributed by atoms with Gasteiger partial charge in [0.1, 0.15) is 5.75 Å². The second kappa shape index (κ2) is 10.2. The molecule has 1 amide bonds. The average molecular weight is 443 g/mol. The van der Waals surface area contributed by atoms with E-state index in [0.717, 1.165) is 11.1 Å². The third kappa shape index (κ3) is 5.62. The van der Waals surface area contributed by atoms with Crippen LogP contribution in [0.15, 0.2) is 83.4 Å². The topological polar surface area (TPSA) is 104 Å². The first-order valence-corrected chi connectivity index (χ1v) is 10.3. The van der Waals surface area contributed by atoms with Gasteiger partial charge in [-0.2, -0.15) is 4.98 Å². The molecule has 0 saturated heterocycles. The van der Waals surface area contributed by atoms with E-state index in [9.17, 15) is 9.59 Å². The van der Waals surface area contributed by atoms with Crippen LogP contribution in [0.1, 0.15) is 17.3 Å². The van der Waals surface area contributed by atoms with Crippen LogP contribution in [0.4, 0.5) is 5.69 Å². The lowest BCUT2D eigenvalue weighted by atomic mass is 10.2. The monoisotopic (exact) mass is 443 g/mol. The zero-order chi connectivity index (χ0) is 23.0. The molecule has 1 N–H and O–H groups in total. The Hall–Kier alpha value is -4.46. The SMILES string of the molecule is CCOC(=O)c1cccc(NC(=O)COc2ccc(-c3nc(-c4ccccc4)no3)cc2)c1. The van der Waals surface area contributed by atoms with Gasteiger partial charge in [-0.15, -0.1) is 0 Å². The van der Waals surface area contributed by atoms with Crippen LogP contribution < -0.4 is 10.1 Å². The van der Waals surface area contributed by atoms with E-state index in [1.165, 1.54) is 0 Å². The lowest BCUT2D eigenvalue weighted by molar-refractivity contribution is -0.118. The van der Waals surface area contributed by atoms with Crippen LogP contribution in [0.3, 0.4) is 0 Å². The zero-order valence-electron chi connectivity index (χ0n) is 17.9. The van der Waals surface area contributed by atoms with Crippen LogP contribution in [0.5, 0.6) is 5.75 Å². The molecule has 0 aliphatic carbocycles. The molecule has 0 atom stereocenters. The molecule has 8 nitrogen and oxygen atoms in total. The molecule has 1 heterocycles. The van der Waals surface area contributed by atoms with Crippen LogP contribution in [0, 0.1) is 0 Å². The Kier molecular flexibility index (Phi) is 6.75. The molecule has 0 saturated carbocycles. The standard InChI is InChI=1S/C25H21N3O5/c1-2-31-25(30)19-9-6-10-20(15-19)26-22(29)16-32-21-13-11-18(12-14-21)24-27-23(28-33-24)17-7-4-3-5-8-17/h3-15H,2,16H2,1H3,(H,26,29). The number of ether oxygens (including phenoxy) is 2. The molecule has 4 rings (SSSR count). The van der Waals surface area contributed by atoms with Crippen molar-refractivity contribution in [3.63, 3.8) is 0 Å². The van der Waals surface area contributed by atoms with Crippen molar-refractivity contribution in [3.8, 4) is 28.6 Å². The Labute approximate surface area is 190 Å². The smallest absolute Gasteiger partial charge is 0.338 e. The average Bonchev–Trinajstić information content (AvgIpc) is 3.34. The van der Waals surface area contributed by atoms with E-state index in [2.05, 4.69) is 15.5 Å². The van der Waals surface area contributed by atoms with Gasteiger partial charge in [-0.1, -0.05) is 41.6 Å². The molecule has 0 aliphatic rings. The summed E-state index contributed by atoms with van der Waals surface area (Å²) in [5.41, 5.74) is 2.45. The number of hydrogen-bond acceptors (Lipinski definition) is 7. The van der Waals surface area contributed by atoms with Crippen molar-refractivity contribution in [3.05, 3.63) is 84.4 Å². The number of rotatable bonds is 8. The van der Waals surface area contributed by atoms with E-state index in [0.29, 0.717) is 28.7 Å². The number of hydrogen-bond donors (Lipinski definition) is 1. The molecule has 0 bridgehead atoms. The van der Waals surface area contributed by atoms with Crippen LogP contribution in [-0.4, -0.2) is 35.2 Å². The summed E-state index contributed by atoms with van der Waals surface area (Å²) < 4.78 is 15.9. The molecule has 166 valence electrons. The summed E-state index contributed by atoms with van der Waals surface area (Å²) in [5, 5.41) is 6.71. The van der Waals surface area contributed by atoms with Gasteiger partial charge in [0, 0.05) is 16.8 Å². The number of carbonyl (C=O) groups is 2. The minimum Gasteiger partial charge on any atom is -0.484 e. The first-order chi connectivity index (χ1) is 16.1. The van der Waals surface area contributed by atoms with E-state index in [4.69, 9.17) is 14.0 Å². The maximum atomic E-state index is 12.2. The quantitative estimate of drug-likeness (QED) is 0.397. The van der Waals surface area contributed by atoms with Crippen molar-refractivity contribution in [2.75, 3.05) is 18.5 Å². The third-order valence-electron chi connectivity index (χ3n) is 4.59. The van der Waals surface area contributed by atoms with Crippen molar-refractivity contribution in [2.24, 2.45) is 0 Å². The van der Waals surface area contributed by atoms with Gasteiger partial charge in [0.05, 0.1) is 12.2 Å². The maximum Gasteiger partial charge on any atom is 0.338 e. The second-order valence-corrected chi connectivity index (χ2v) is 6.95. The molecule has 0 spiro atoms. The van der Waals surface area contributed by atoms with Gasteiger partial charge < -0.3 is 19.3 Å². The fourth-order valence-corrected chi connectivity index (χ4v) is 3.02. The van der Waals surface area contributed by atoms with Gasteiger partial charge in [-0.3, -0.25) is 4.79 Å². The third-order valence-corrected chi connectivity index (χ3v) is 4.59. The van der Waals surface area contributed by atoms with Crippen LogP contribution in [0.2, 0.25) is 0 Å². The lowest BCUT2D eigenvalue weighted by Crippen LogP contribution is -2.20. The number of carbonyl (C=O) groups excluding carboxylic acids is 2. The number of esters is 1.